The van der Waals surface area contributed by atoms with E-state index < -0.39 is 5.54 Å². The molecule has 2 saturated heterocycles. The molecule has 0 unspecified atom stereocenters. The van der Waals surface area contributed by atoms with Crippen molar-refractivity contribution in [1.29, 1.82) is 0 Å². The van der Waals surface area contributed by atoms with Gasteiger partial charge in [0, 0.05) is 30.4 Å². The highest BCUT2D eigenvalue weighted by atomic mass is 35.5. The summed E-state index contributed by atoms with van der Waals surface area (Å²) in [5, 5.41) is 4.35. The van der Waals surface area contributed by atoms with Gasteiger partial charge < -0.3 is 20.1 Å². The topological polar surface area (TPSA) is 68.4 Å². The number of hydrogen-bond donors (Lipinski definition) is 2. The monoisotopic (exact) mass is 514 g/mol. The van der Waals surface area contributed by atoms with E-state index in [4.69, 9.17) is 0 Å². The fourth-order valence-corrected chi connectivity index (χ4v) is 6.91. The van der Waals surface area contributed by atoms with Gasteiger partial charge in [-0.1, -0.05) is 25.3 Å². The Morgan fingerprint density at radius 1 is 0.917 bits per heavy atom. The molecule has 36 heavy (non-hydrogen) atoms. The Morgan fingerprint density at radius 3 is 2.22 bits per heavy atom. The highest BCUT2D eigenvalue weighted by Crippen LogP contribution is 2.37. The second-order valence-electron chi connectivity index (χ2n) is 11.5. The number of fused-ring (bicyclic) bond motifs is 1. The summed E-state index contributed by atoms with van der Waals surface area (Å²) in [5.41, 5.74) is 0.692. The predicted molar refractivity (Wildman–Crippen MR) is 148 cm³/mol. The van der Waals surface area contributed by atoms with Crippen molar-refractivity contribution < 1.29 is 9.59 Å². The molecule has 6 nitrogen and oxygen atoms in total. The lowest BCUT2D eigenvalue weighted by molar-refractivity contribution is -0.142. The number of benzene rings is 1. The SMILES string of the molecule is CN1CCC(C2CCN(C(=O)[C@@](C)(NC(=O)c3ccc4cc[nH]c4c3)C3CCCCC3)CC2)CC1.Cl. The van der Waals surface area contributed by atoms with Gasteiger partial charge in [0.2, 0.25) is 5.91 Å². The van der Waals surface area contributed by atoms with Crippen molar-refractivity contribution in [1.82, 2.24) is 20.1 Å². The first-order chi connectivity index (χ1) is 16.9. The molecular weight excluding hydrogens is 472 g/mol. The van der Waals surface area contributed by atoms with E-state index in [2.05, 4.69) is 27.1 Å². The molecule has 2 amide bonds. The van der Waals surface area contributed by atoms with Gasteiger partial charge in [0.15, 0.2) is 0 Å². The molecule has 5 rings (SSSR count). The Hall–Kier alpha value is -2.05. The number of likely N-dealkylation sites (tertiary alicyclic amines) is 2. The Labute approximate surface area is 222 Å². The second kappa shape index (κ2) is 11.6. The third kappa shape index (κ3) is 5.60. The fraction of sp³-hybridized carbons (Fsp3) is 0.655. The number of carbonyl (C=O) groups excluding carboxylic acids is 2. The summed E-state index contributed by atoms with van der Waals surface area (Å²) in [7, 11) is 2.22. The summed E-state index contributed by atoms with van der Waals surface area (Å²) in [6.07, 6.45) is 12.2. The summed E-state index contributed by atoms with van der Waals surface area (Å²) >= 11 is 0. The molecule has 198 valence electrons. The Balaban J connectivity index is 0.00000304. The van der Waals surface area contributed by atoms with Crippen LogP contribution in [0.2, 0.25) is 0 Å². The molecule has 0 bridgehead atoms. The quantitative estimate of drug-likeness (QED) is 0.573. The van der Waals surface area contributed by atoms with Gasteiger partial charge in [0.05, 0.1) is 0 Å². The lowest BCUT2D eigenvalue weighted by Gasteiger charge is -2.45. The molecule has 1 atom stereocenters. The number of H-pyrrole nitrogens is 1. The van der Waals surface area contributed by atoms with Crippen LogP contribution in [-0.2, 0) is 4.79 Å². The van der Waals surface area contributed by atoms with E-state index in [-0.39, 0.29) is 30.1 Å². The van der Waals surface area contributed by atoms with Gasteiger partial charge in [-0.3, -0.25) is 9.59 Å². The molecule has 1 saturated carbocycles. The molecule has 3 fully saturated rings. The molecular formula is C29H43ClN4O2. The van der Waals surface area contributed by atoms with Crippen molar-refractivity contribution in [3.05, 3.63) is 36.0 Å². The van der Waals surface area contributed by atoms with Crippen LogP contribution in [-0.4, -0.2) is 65.4 Å². The van der Waals surface area contributed by atoms with E-state index in [0.29, 0.717) is 5.56 Å². The highest BCUT2D eigenvalue weighted by Gasteiger charge is 2.46. The number of rotatable bonds is 5. The van der Waals surface area contributed by atoms with E-state index in [0.717, 1.165) is 74.4 Å². The lowest BCUT2D eigenvalue weighted by Crippen LogP contribution is -2.63. The molecule has 7 heteroatoms. The van der Waals surface area contributed by atoms with E-state index >= 15 is 0 Å². The van der Waals surface area contributed by atoms with Crippen molar-refractivity contribution in [2.24, 2.45) is 17.8 Å². The number of nitrogens with zero attached hydrogens (tertiary/aromatic N) is 2. The van der Waals surface area contributed by atoms with E-state index in [9.17, 15) is 9.59 Å². The number of amides is 2. The standard InChI is InChI=1S/C29H42N4O2.ClH/c1-29(25-6-4-3-5-7-25,31-27(34)24-9-8-23-10-15-30-26(23)20-24)28(35)33-18-13-22(14-19-33)21-11-16-32(2)17-12-21;/h8-10,15,20-22,25,30H,3-7,11-14,16-19H2,1-2H3,(H,31,34);1H/t29-;/m0./s1. The van der Waals surface area contributed by atoms with Crippen LogP contribution >= 0.6 is 12.4 Å². The highest BCUT2D eigenvalue weighted by molar-refractivity contribution is 6.01. The van der Waals surface area contributed by atoms with Crippen LogP contribution < -0.4 is 5.32 Å². The van der Waals surface area contributed by atoms with Crippen molar-refractivity contribution in [2.75, 3.05) is 33.2 Å². The van der Waals surface area contributed by atoms with E-state index in [1.807, 2.05) is 37.4 Å². The maximum absolute atomic E-state index is 14.1. The molecule has 1 aromatic carbocycles. The van der Waals surface area contributed by atoms with Gasteiger partial charge in [0.25, 0.3) is 5.91 Å². The number of hydrogen-bond acceptors (Lipinski definition) is 3. The smallest absolute Gasteiger partial charge is 0.252 e. The molecule has 2 aliphatic heterocycles. The molecule has 2 aromatic rings. The van der Waals surface area contributed by atoms with Crippen LogP contribution in [0.3, 0.4) is 0 Å². The minimum atomic E-state index is -0.859. The van der Waals surface area contributed by atoms with Crippen molar-refractivity contribution in [3.8, 4) is 0 Å². The van der Waals surface area contributed by atoms with Crippen LogP contribution in [0.1, 0.15) is 75.1 Å². The van der Waals surface area contributed by atoms with Crippen LogP contribution in [0.25, 0.3) is 10.9 Å². The third-order valence-electron chi connectivity index (χ3n) is 9.31. The Bertz CT molecular complexity index is 1030. The average Bonchev–Trinajstić information content (AvgIpc) is 3.37. The first-order valence-electron chi connectivity index (χ1n) is 13.8. The van der Waals surface area contributed by atoms with Crippen LogP contribution in [0.15, 0.2) is 30.5 Å². The van der Waals surface area contributed by atoms with Crippen LogP contribution in [0, 0.1) is 17.8 Å². The zero-order valence-corrected chi connectivity index (χ0v) is 22.7. The summed E-state index contributed by atoms with van der Waals surface area (Å²) in [6.45, 7) is 6.04. The van der Waals surface area contributed by atoms with Crippen molar-refractivity contribution in [2.45, 2.75) is 70.3 Å². The number of piperidine rings is 2. The first kappa shape index (κ1) is 27.0. The zero-order valence-electron chi connectivity index (χ0n) is 21.9. The average molecular weight is 515 g/mol. The number of aromatic nitrogens is 1. The predicted octanol–water partition coefficient (Wildman–Crippen LogP) is 5.24. The first-order valence-corrected chi connectivity index (χ1v) is 13.8. The Kier molecular flexibility index (Phi) is 8.67. The van der Waals surface area contributed by atoms with Crippen molar-refractivity contribution >= 4 is 35.1 Å². The van der Waals surface area contributed by atoms with Gasteiger partial charge in [-0.05, 0) is 107 Å². The second-order valence-corrected chi connectivity index (χ2v) is 11.5. The number of carbonyl (C=O) groups is 2. The summed E-state index contributed by atoms with van der Waals surface area (Å²) < 4.78 is 0. The van der Waals surface area contributed by atoms with Gasteiger partial charge in [0.1, 0.15) is 5.54 Å². The normalized spacial score (nSPS) is 22.7. The van der Waals surface area contributed by atoms with Gasteiger partial charge in [-0.2, -0.15) is 0 Å². The van der Waals surface area contributed by atoms with Crippen LogP contribution in [0.5, 0.6) is 0 Å². The maximum Gasteiger partial charge on any atom is 0.252 e. The molecule has 0 spiro atoms. The summed E-state index contributed by atoms with van der Waals surface area (Å²) in [6, 6.07) is 7.73. The number of halogens is 1. The van der Waals surface area contributed by atoms with Crippen molar-refractivity contribution in [3.63, 3.8) is 0 Å². The van der Waals surface area contributed by atoms with Gasteiger partial charge >= 0.3 is 0 Å². The van der Waals surface area contributed by atoms with Gasteiger partial charge in [-0.15, -0.1) is 12.4 Å². The third-order valence-corrected chi connectivity index (χ3v) is 9.31. The zero-order chi connectivity index (χ0) is 24.4. The van der Waals surface area contributed by atoms with E-state index in [1.54, 1.807) is 0 Å². The fourth-order valence-electron chi connectivity index (χ4n) is 6.91. The lowest BCUT2D eigenvalue weighted by atomic mass is 9.73. The molecule has 1 aromatic heterocycles. The van der Waals surface area contributed by atoms with E-state index in [1.165, 1.54) is 32.4 Å². The summed E-state index contributed by atoms with van der Waals surface area (Å²) in [5.74, 6) is 1.70. The van der Waals surface area contributed by atoms with Gasteiger partial charge in [-0.25, -0.2) is 0 Å². The molecule has 1 aliphatic carbocycles. The molecule has 3 heterocycles. The summed E-state index contributed by atoms with van der Waals surface area (Å²) in [4.78, 5) is 35.2. The number of nitrogens with one attached hydrogen (secondary N) is 2. The molecule has 0 radical (unpaired) electrons. The maximum atomic E-state index is 14.1. The minimum Gasteiger partial charge on any atom is -0.361 e. The minimum absolute atomic E-state index is 0. The largest absolute Gasteiger partial charge is 0.361 e. The molecule has 2 N–H and O–H groups in total. The van der Waals surface area contributed by atoms with Crippen LogP contribution in [0.4, 0.5) is 0 Å². The molecule has 3 aliphatic rings. The number of aromatic amines is 1. The Morgan fingerprint density at radius 2 is 1.56 bits per heavy atom.